The van der Waals surface area contributed by atoms with Gasteiger partial charge in [0.2, 0.25) is 10.0 Å². The lowest BCUT2D eigenvalue weighted by atomic mass is 10.2. The minimum Gasteiger partial charge on any atom is -0.506 e. The van der Waals surface area contributed by atoms with Crippen LogP contribution in [0.2, 0.25) is 0 Å². The molecule has 7 nitrogen and oxygen atoms in total. The molecule has 0 aliphatic carbocycles. The van der Waals surface area contributed by atoms with E-state index in [1.165, 1.54) is 25.3 Å². The number of phenolic OH excluding ortho intramolecular Hbond substituents is 1. The molecule has 1 atom stereocenters. The average Bonchev–Trinajstić information content (AvgIpc) is 3.00. The standard InChI is InChI=1S/C18H18N2O5S/c1-11-6-5-9-16(17(11)21)26(23,24)20-12(2)18(22)25-15-10-19-14-8-4-3-7-13(14)15/h3-10,12,19-21H,1-2H3/t12-/m0/s1. The number of fused-ring (bicyclic) bond motifs is 1. The van der Waals surface area contributed by atoms with Gasteiger partial charge in [0.15, 0.2) is 5.75 Å². The number of H-pyrrole nitrogens is 1. The van der Waals surface area contributed by atoms with Gasteiger partial charge in [0.25, 0.3) is 0 Å². The molecule has 0 radical (unpaired) electrons. The van der Waals surface area contributed by atoms with Crippen LogP contribution in [0.15, 0.2) is 53.6 Å². The van der Waals surface area contributed by atoms with Crippen LogP contribution in [0.25, 0.3) is 10.9 Å². The van der Waals surface area contributed by atoms with Crippen molar-refractivity contribution in [3.05, 3.63) is 54.2 Å². The molecular formula is C18H18N2O5S. The minimum atomic E-state index is -4.09. The van der Waals surface area contributed by atoms with E-state index < -0.39 is 22.0 Å². The molecule has 0 aliphatic heterocycles. The maximum absolute atomic E-state index is 12.4. The van der Waals surface area contributed by atoms with Gasteiger partial charge in [-0.1, -0.05) is 24.3 Å². The molecule has 2 aromatic carbocycles. The van der Waals surface area contributed by atoms with Crippen LogP contribution in [0.3, 0.4) is 0 Å². The maximum Gasteiger partial charge on any atom is 0.329 e. The van der Waals surface area contributed by atoms with Crippen molar-refractivity contribution in [1.29, 1.82) is 0 Å². The predicted molar refractivity (Wildman–Crippen MR) is 96.6 cm³/mol. The van der Waals surface area contributed by atoms with Crippen molar-refractivity contribution in [3.8, 4) is 11.5 Å². The lowest BCUT2D eigenvalue weighted by Crippen LogP contribution is -2.40. The fraction of sp³-hybridized carbons (Fsp3) is 0.167. The largest absolute Gasteiger partial charge is 0.506 e. The first-order valence-electron chi connectivity index (χ1n) is 7.88. The highest BCUT2D eigenvalue weighted by molar-refractivity contribution is 7.89. The first-order chi connectivity index (χ1) is 12.3. The van der Waals surface area contributed by atoms with Gasteiger partial charge >= 0.3 is 5.97 Å². The SMILES string of the molecule is Cc1cccc(S(=O)(=O)N[C@@H](C)C(=O)Oc2c[nH]c3ccccc23)c1O. The number of aromatic amines is 1. The molecule has 8 heteroatoms. The normalized spacial score (nSPS) is 12.8. The molecule has 3 aromatic rings. The van der Waals surface area contributed by atoms with Crippen LogP contribution >= 0.6 is 0 Å². The third-order valence-electron chi connectivity index (χ3n) is 3.94. The molecule has 0 fully saturated rings. The molecule has 0 saturated heterocycles. The Morgan fingerprint density at radius 1 is 1.19 bits per heavy atom. The molecule has 0 amide bonds. The van der Waals surface area contributed by atoms with Crippen LogP contribution < -0.4 is 9.46 Å². The third-order valence-corrected chi connectivity index (χ3v) is 5.51. The van der Waals surface area contributed by atoms with Crippen molar-refractivity contribution in [3.63, 3.8) is 0 Å². The predicted octanol–water partition coefficient (Wildman–Crippen LogP) is 2.45. The molecule has 0 spiro atoms. The van der Waals surface area contributed by atoms with E-state index in [1.54, 1.807) is 25.1 Å². The number of esters is 1. The van der Waals surface area contributed by atoms with Crippen molar-refractivity contribution < 1.29 is 23.1 Å². The van der Waals surface area contributed by atoms with Crippen molar-refractivity contribution in [2.24, 2.45) is 0 Å². The molecular weight excluding hydrogens is 356 g/mol. The van der Waals surface area contributed by atoms with E-state index in [-0.39, 0.29) is 10.6 Å². The number of carbonyl (C=O) groups excluding carboxylic acids is 1. The number of para-hydroxylation sites is 2. The summed E-state index contributed by atoms with van der Waals surface area (Å²) >= 11 is 0. The molecule has 136 valence electrons. The van der Waals surface area contributed by atoms with E-state index in [4.69, 9.17) is 4.74 Å². The smallest absolute Gasteiger partial charge is 0.329 e. The number of benzene rings is 2. The van der Waals surface area contributed by atoms with Crippen molar-refractivity contribution in [2.75, 3.05) is 0 Å². The summed E-state index contributed by atoms with van der Waals surface area (Å²) in [5.41, 5.74) is 1.22. The van der Waals surface area contributed by atoms with Gasteiger partial charge in [0, 0.05) is 17.1 Å². The number of hydrogen-bond donors (Lipinski definition) is 3. The number of carbonyl (C=O) groups is 1. The number of aromatic nitrogens is 1. The zero-order valence-corrected chi connectivity index (χ0v) is 15.0. The van der Waals surface area contributed by atoms with Gasteiger partial charge in [-0.25, -0.2) is 13.2 Å². The Bertz CT molecular complexity index is 1070. The first kappa shape index (κ1) is 18.0. The molecule has 1 heterocycles. The van der Waals surface area contributed by atoms with E-state index in [1.807, 2.05) is 12.1 Å². The minimum absolute atomic E-state index is 0.288. The fourth-order valence-corrected chi connectivity index (χ4v) is 3.88. The second-order valence-electron chi connectivity index (χ2n) is 5.88. The highest BCUT2D eigenvalue weighted by Gasteiger charge is 2.26. The Kier molecular flexibility index (Phi) is 4.71. The van der Waals surface area contributed by atoms with E-state index in [2.05, 4.69) is 9.71 Å². The lowest BCUT2D eigenvalue weighted by Gasteiger charge is -2.14. The Morgan fingerprint density at radius 2 is 1.92 bits per heavy atom. The zero-order chi connectivity index (χ0) is 18.9. The summed E-state index contributed by atoms with van der Waals surface area (Å²) in [7, 11) is -4.09. The fourth-order valence-electron chi connectivity index (χ4n) is 2.52. The monoisotopic (exact) mass is 374 g/mol. The number of aromatic hydroxyl groups is 1. The van der Waals surface area contributed by atoms with Gasteiger partial charge in [-0.3, -0.25) is 0 Å². The van der Waals surface area contributed by atoms with E-state index >= 15 is 0 Å². The summed E-state index contributed by atoms with van der Waals surface area (Å²) in [5, 5.41) is 10.7. The number of ether oxygens (including phenoxy) is 1. The number of phenols is 1. The third kappa shape index (κ3) is 3.42. The quantitative estimate of drug-likeness (QED) is 0.595. The Morgan fingerprint density at radius 3 is 2.69 bits per heavy atom. The zero-order valence-electron chi connectivity index (χ0n) is 14.2. The highest BCUT2D eigenvalue weighted by atomic mass is 32.2. The summed E-state index contributed by atoms with van der Waals surface area (Å²) in [6.07, 6.45) is 1.54. The van der Waals surface area contributed by atoms with Crippen molar-refractivity contribution in [2.45, 2.75) is 24.8 Å². The molecule has 0 unspecified atom stereocenters. The topological polar surface area (TPSA) is 108 Å². The van der Waals surface area contributed by atoms with Gasteiger partial charge < -0.3 is 14.8 Å². The molecule has 0 bridgehead atoms. The number of sulfonamides is 1. The molecule has 3 rings (SSSR count). The Labute approximate surface area is 150 Å². The van der Waals surface area contributed by atoms with Gasteiger partial charge in [-0.05, 0) is 37.6 Å². The van der Waals surface area contributed by atoms with Crippen LogP contribution in [-0.2, 0) is 14.8 Å². The summed E-state index contributed by atoms with van der Waals surface area (Å²) in [4.78, 5) is 15.0. The van der Waals surface area contributed by atoms with Crippen LogP contribution in [0.1, 0.15) is 12.5 Å². The first-order valence-corrected chi connectivity index (χ1v) is 9.36. The Hall–Kier alpha value is -2.84. The number of nitrogens with one attached hydrogen (secondary N) is 2. The molecule has 0 saturated carbocycles. The number of hydrogen-bond acceptors (Lipinski definition) is 5. The van der Waals surface area contributed by atoms with Gasteiger partial charge in [-0.15, -0.1) is 0 Å². The second-order valence-corrected chi connectivity index (χ2v) is 7.57. The number of rotatable bonds is 5. The molecule has 3 N–H and O–H groups in total. The van der Waals surface area contributed by atoms with Crippen LogP contribution in [0.4, 0.5) is 0 Å². The molecule has 26 heavy (non-hydrogen) atoms. The van der Waals surface area contributed by atoms with E-state index in [0.717, 1.165) is 5.52 Å². The van der Waals surface area contributed by atoms with Crippen LogP contribution in [-0.4, -0.2) is 30.5 Å². The van der Waals surface area contributed by atoms with Crippen molar-refractivity contribution >= 4 is 26.9 Å². The van der Waals surface area contributed by atoms with E-state index in [0.29, 0.717) is 16.7 Å². The second kappa shape index (κ2) is 6.81. The highest BCUT2D eigenvalue weighted by Crippen LogP contribution is 2.27. The van der Waals surface area contributed by atoms with Crippen molar-refractivity contribution in [1.82, 2.24) is 9.71 Å². The maximum atomic E-state index is 12.4. The molecule has 1 aromatic heterocycles. The van der Waals surface area contributed by atoms with Gasteiger partial charge in [-0.2, -0.15) is 4.72 Å². The van der Waals surface area contributed by atoms with Crippen LogP contribution in [0, 0.1) is 6.92 Å². The van der Waals surface area contributed by atoms with Gasteiger partial charge in [0.1, 0.15) is 16.7 Å². The van der Waals surface area contributed by atoms with E-state index in [9.17, 15) is 18.3 Å². The van der Waals surface area contributed by atoms with Crippen LogP contribution in [0.5, 0.6) is 11.5 Å². The summed E-state index contributed by atoms with van der Waals surface area (Å²) in [5.74, 6) is -0.794. The average molecular weight is 374 g/mol. The summed E-state index contributed by atoms with van der Waals surface area (Å²) in [6.45, 7) is 2.96. The Balaban J connectivity index is 1.77. The van der Waals surface area contributed by atoms with Gasteiger partial charge in [0.05, 0.1) is 0 Å². The lowest BCUT2D eigenvalue weighted by molar-refractivity contribution is -0.135. The number of aryl methyl sites for hydroxylation is 1. The molecule has 0 aliphatic rings. The summed E-state index contributed by atoms with van der Waals surface area (Å²) in [6, 6.07) is 10.5. The summed E-state index contributed by atoms with van der Waals surface area (Å²) < 4.78 is 32.4.